The van der Waals surface area contributed by atoms with E-state index in [0.717, 1.165) is 19.3 Å². The van der Waals surface area contributed by atoms with Gasteiger partial charge in [-0.15, -0.1) is 0 Å². The Balaban J connectivity index is 1.91. The molecule has 0 radical (unpaired) electrons. The summed E-state index contributed by atoms with van der Waals surface area (Å²) in [5.74, 6) is -1.30. The quantitative estimate of drug-likeness (QED) is 0.751. The third-order valence-corrected chi connectivity index (χ3v) is 4.14. The molecule has 1 fully saturated rings. The number of aliphatic carboxylic acids is 1. The normalized spacial score (nSPS) is 34.3. The van der Waals surface area contributed by atoms with Crippen molar-refractivity contribution < 1.29 is 14.7 Å². The van der Waals surface area contributed by atoms with E-state index in [1.165, 1.54) is 0 Å². The molecule has 2 N–H and O–H groups in total. The lowest BCUT2D eigenvalue weighted by molar-refractivity contribution is -0.140. The average molecular weight is 266 g/mol. The van der Waals surface area contributed by atoms with Gasteiger partial charge in [0.1, 0.15) is 0 Å². The largest absolute Gasteiger partial charge is 0.481 e. The second kappa shape index (κ2) is 5.63. The van der Waals surface area contributed by atoms with Crippen molar-refractivity contribution >= 4 is 12.0 Å². The lowest BCUT2D eigenvalue weighted by Crippen LogP contribution is -2.53. The van der Waals surface area contributed by atoms with Gasteiger partial charge in [-0.2, -0.15) is 0 Å². The van der Waals surface area contributed by atoms with Crippen LogP contribution in [0.25, 0.3) is 0 Å². The van der Waals surface area contributed by atoms with Crippen molar-refractivity contribution in [1.82, 2.24) is 10.2 Å². The minimum atomic E-state index is -0.826. The number of amides is 2. The maximum absolute atomic E-state index is 12.3. The van der Waals surface area contributed by atoms with Crippen LogP contribution in [0.3, 0.4) is 0 Å². The van der Waals surface area contributed by atoms with Crippen molar-refractivity contribution in [3.05, 3.63) is 12.2 Å². The summed E-state index contributed by atoms with van der Waals surface area (Å²) in [5.41, 5.74) is 0. The van der Waals surface area contributed by atoms with Gasteiger partial charge in [0.25, 0.3) is 0 Å². The van der Waals surface area contributed by atoms with E-state index in [1.54, 1.807) is 12.2 Å². The summed E-state index contributed by atoms with van der Waals surface area (Å²) in [6.45, 7) is 4.14. The van der Waals surface area contributed by atoms with E-state index < -0.39 is 11.9 Å². The van der Waals surface area contributed by atoms with E-state index >= 15 is 0 Å². The maximum atomic E-state index is 12.3. The summed E-state index contributed by atoms with van der Waals surface area (Å²) in [6.07, 6.45) is 7.15. The number of rotatable bonds is 2. The molecule has 2 rings (SSSR count). The molecule has 1 saturated heterocycles. The van der Waals surface area contributed by atoms with E-state index in [1.807, 2.05) is 4.90 Å². The van der Waals surface area contributed by atoms with Gasteiger partial charge in [0.2, 0.25) is 0 Å². The molecule has 0 bridgehead atoms. The van der Waals surface area contributed by atoms with Crippen LogP contribution in [-0.2, 0) is 4.79 Å². The molecule has 1 aliphatic heterocycles. The van der Waals surface area contributed by atoms with Crippen molar-refractivity contribution in [2.75, 3.05) is 0 Å². The zero-order valence-electron chi connectivity index (χ0n) is 11.5. The third kappa shape index (κ3) is 3.08. The smallest absolute Gasteiger partial charge is 0.318 e. The zero-order chi connectivity index (χ0) is 14.0. The van der Waals surface area contributed by atoms with Crippen LogP contribution >= 0.6 is 0 Å². The second-order valence-corrected chi connectivity index (χ2v) is 5.66. The molecule has 1 aliphatic carbocycles. The van der Waals surface area contributed by atoms with E-state index in [-0.39, 0.29) is 24.2 Å². The maximum Gasteiger partial charge on any atom is 0.318 e. The molecule has 4 unspecified atom stereocenters. The third-order valence-electron chi connectivity index (χ3n) is 4.14. The van der Waals surface area contributed by atoms with Gasteiger partial charge in [-0.3, -0.25) is 4.79 Å². The Kier molecular flexibility index (Phi) is 4.12. The summed E-state index contributed by atoms with van der Waals surface area (Å²) < 4.78 is 0. The molecule has 2 amide bonds. The van der Waals surface area contributed by atoms with Crippen LogP contribution in [0.4, 0.5) is 4.79 Å². The number of carbonyl (C=O) groups is 2. The Labute approximate surface area is 113 Å². The minimum absolute atomic E-state index is 0.0691. The zero-order valence-corrected chi connectivity index (χ0v) is 11.5. The van der Waals surface area contributed by atoms with E-state index in [9.17, 15) is 9.59 Å². The molecule has 5 heteroatoms. The minimum Gasteiger partial charge on any atom is -0.481 e. The first-order chi connectivity index (χ1) is 8.99. The molecule has 19 heavy (non-hydrogen) atoms. The fourth-order valence-corrected chi connectivity index (χ4v) is 3.04. The van der Waals surface area contributed by atoms with Gasteiger partial charge < -0.3 is 15.3 Å². The van der Waals surface area contributed by atoms with Crippen LogP contribution < -0.4 is 5.32 Å². The average Bonchev–Trinajstić information content (AvgIpc) is 2.77. The molecule has 0 spiro atoms. The highest BCUT2D eigenvalue weighted by Crippen LogP contribution is 2.23. The first kappa shape index (κ1) is 13.9. The van der Waals surface area contributed by atoms with Crippen LogP contribution in [0.1, 0.15) is 39.5 Å². The van der Waals surface area contributed by atoms with E-state index in [2.05, 4.69) is 19.2 Å². The number of nitrogens with zero attached hydrogens (tertiary/aromatic N) is 1. The SMILES string of the molecule is CC1CCCC(C)N1C(=O)NC1C=CC(C(=O)O)C1. The fraction of sp³-hybridized carbons (Fsp3) is 0.714. The molecular formula is C14H22N2O3. The Morgan fingerprint density at radius 1 is 1.21 bits per heavy atom. The van der Waals surface area contributed by atoms with E-state index in [0.29, 0.717) is 6.42 Å². The van der Waals surface area contributed by atoms with Gasteiger partial charge in [-0.05, 0) is 39.5 Å². The summed E-state index contributed by atoms with van der Waals surface area (Å²) in [6, 6.07) is 0.282. The first-order valence-corrected chi connectivity index (χ1v) is 6.99. The van der Waals surface area contributed by atoms with Crippen molar-refractivity contribution in [3.8, 4) is 0 Å². The Morgan fingerprint density at radius 3 is 2.37 bits per heavy atom. The number of hydrogen-bond donors (Lipinski definition) is 2. The van der Waals surface area contributed by atoms with Crippen LogP contribution in [0, 0.1) is 5.92 Å². The summed E-state index contributed by atoms with van der Waals surface area (Å²) in [5, 5.41) is 11.9. The van der Waals surface area contributed by atoms with Crippen molar-refractivity contribution in [1.29, 1.82) is 0 Å². The van der Waals surface area contributed by atoms with Gasteiger partial charge >= 0.3 is 12.0 Å². The molecular weight excluding hydrogens is 244 g/mol. The summed E-state index contributed by atoms with van der Waals surface area (Å²) in [4.78, 5) is 25.0. The van der Waals surface area contributed by atoms with Gasteiger partial charge in [0.15, 0.2) is 0 Å². The molecule has 2 aliphatic rings. The molecule has 5 nitrogen and oxygen atoms in total. The number of nitrogens with one attached hydrogen (secondary N) is 1. The number of hydrogen-bond acceptors (Lipinski definition) is 2. The fourth-order valence-electron chi connectivity index (χ4n) is 3.04. The van der Waals surface area contributed by atoms with Crippen LogP contribution in [0.15, 0.2) is 12.2 Å². The molecule has 0 aromatic carbocycles. The predicted molar refractivity (Wildman–Crippen MR) is 71.8 cm³/mol. The first-order valence-electron chi connectivity index (χ1n) is 6.99. The Bertz CT molecular complexity index is 384. The predicted octanol–water partition coefficient (Wildman–Crippen LogP) is 1.99. The second-order valence-electron chi connectivity index (χ2n) is 5.66. The lowest BCUT2D eigenvalue weighted by atomic mass is 9.98. The number of likely N-dealkylation sites (tertiary alicyclic amines) is 1. The van der Waals surface area contributed by atoms with Crippen molar-refractivity contribution in [2.24, 2.45) is 5.92 Å². The van der Waals surface area contributed by atoms with Crippen LogP contribution in [0.5, 0.6) is 0 Å². The van der Waals surface area contributed by atoms with E-state index in [4.69, 9.17) is 5.11 Å². The molecule has 4 atom stereocenters. The Hall–Kier alpha value is -1.52. The standard InChI is InChI=1S/C14H22N2O3/c1-9-4-3-5-10(2)16(9)14(19)15-12-7-6-11(8-12)13(17)18/h6-7,9-12H,3-5,8H2,1-2H3,(H,15,19)(H,17,18). The highest BCUT2D eigenvalue weighted by Gasteiger charge is 2.31. The van der Waals surface area contributed by atoms with Gasteiger partial charge in [-0.1, -0.05) is 12.2 Å². The van der Waals surface area contributed by atoms with Gasteiger partial charge in [-0.25, -0.2) is 4.79 Å². The molecule has 1 heterocycles. The topological polar surface area (TPSA) is 69.6 Å². The lowest BCUT2D eigenvalue weighted by Gasteiger charge is -2.39. The molecule has 0 aromatic heterocycles. The molecule has 0 saturated carbocycles. The molecule has 106 valence electrons. The van der Waals surface area contributed by atoms with Crippen LogP contribution in [-0.4, -0.2) is 40.1 Å². The van der Waals surface area contributed by atoms with Crippen molar-refractivity contribution in [3.63, 3.8) is 0 Å². The number of carbonyl (C=O) groups excluding carboxylic acids is 1. The molecule has 0 aromatic rings. The monoisotopic (exact) mass is 266 g/mol. The number of urea groups is 1. The highest BCUT2D eigenvalue weighted by molar-refractivity contribution is 5.77. The number of piperidine rings is 1. The van der Waals surface area contributed by atoms with Gasteiger partial charge in [0.05, 0.1) is 12.0 Å². The summed E-state index contributed by atoms with van der Waals surface area (Å²) >= 11 is 0. The Morgan fingerprint density at radius 2 is 1.84 bits per heavy atom. The number of carboxylic acid groups (broad SMARTS) is 1. The number of carboxylic acids is 1. The van der Waals surface area contributed by atoms with Crippen molar-refractivity contribution in [2.45, 2.75) is 57.7 Å². The van der Waals surface area contributed by atoms with Crippen LogP contribution in [0.2, 0.25) is 0 Å². The highest BCUT2D eigenvalue weighted by atomic mass is 16.4. The summed E-state index contributed by atoms with van der Waals surface area (Å²) in [7, 11) is 0. The van der Waals surface area contributed by atoms with Gasteiger partial charge in [0, 0.05) is 12.1 Å².